The van der Waals surface area contributed by atoms with E-state index in [2.05, 4.69) is 10.6 Å². The van der Waals surface area contributed by atoms with E-state index in [0.717, 1.165) is 4.90 Å². The molecule has 13 heteroatoms. The molecule has 1 aliphatic rings. The number of aliphatic carboxylic acids is 2. The van der Waals surface area contributed by atoms with Gasteiger partial charge in [-0.15, -0.1) is 0 Å². The van der Waals surface area contributed by atoms with Crippen molar-refractivity contribution in [1.82, 2.24) is 15.5 Å². The topological polar surface area (TPSA) is 199 Å². The first-order valence-electron chi connectivity index (χ1n) is 9.33. The molecule has 0 aromatic carbocycles. The van der Waals surface area contributed by atoms with Gasteiger partial charge in [-0.25, -0.2) is 4.79 Å². The Labute approximate surface area is 177 Å². The van der Waals surface area contributed by atoms with Crippen LogP contribution < -0.4 is 16.4 Å². The van der Waals surface area contributed by atoms with Gasteiger partial charge < -0.3 is 36.6 Å². The van der Waals surface area contributed by atoms with Crippen molar-refractivity contribution in [2.45, 2.75) is 49.9 Å². The predicted molar refractivity (Wildman–Crippen MR) is 107 cm³/mol. The summed E-state index contributed by atoms with van der Waals surface area (Å²) in [6.45, 7) is -0.492. The van der Waals surface area contributed by atoms with Crippen molar-refractivity contribution in [3.63, 3.8) is 0 Å². The van der Waals surface area contributed by atoms with Crippen LogP contribution in [0.2, 0.25) is 0 Å². The van der Waals surface area contributed by atoms with E-state index in [0.29, 0.717) is 12.2 Å². The summed E-state index contributed by atoms with van der Waals surface area (Å²) in [7, 11) is 0. The molecule has 0 saturated carbocycles. The van der Waals surface area contributed by atoms with Crippen molar-refractivity contribution in [3.8, 4) is 0 Å². The number of nitrogens with two attached hydrogens (primary N) is 1. The van der Waals surface area contributed by atoms with Crippen molar-refractivity contribution < 1.29 is 39.3 Å². The Bertz CT molecular complexity index is 662. The number of nitrogens with one attached hydrogen (secondary N) is 2. The third-order valence-corrected chi connectivity index (χ3v) is 5.24. The minimum atomic E-state index is -1.49. The number of likely N-dealkylation sites (tertiary alicyclic amines) is 1. The molecule has 0 bridgehead atoms. The average molecular weight is 448 g/mol. The van der Waals surface area contributed by atoms with Crippen molar-refractivity contribution in [2.75, 3.05) is 25.2 Å². The van der Waals surface area contributed by atoms with E-state index in [9.17, 15) is 29.1 Å². The summed E-state index contributed by atoms with van der Waals surface area (Å²) in [6.07, 6.45) is 1.90. The summed E-state index contributed by atoms with van der Waals surface area (Å²) in [5.41, 5.74) is 5.44. The summed E-state index contributed by atoms with van der Waals surface area (Å²) >= 11 is 1.40. The SMILES string of the molecule is CSCCC(NC(=O)C(N)CO)C(=O)NC(CC(=O)O)C(=O)N1CCCC1C(=O)O. The van der Waals surface area contributed by atoms with E-state index in [1.54, 1.807) is 6.26 Å². The van der Waals surface area contributed by atoms with E-state index >= 15 is 0 Å². The number of carbonyl (C=O) groups excluding carboxylic acids is 3. The Morgan fingerprint density at radius 3 is 2.30 bits per heavy atom. The van der Waals surface area contributed by atoms with Gasteiger partial charge in [0.1, 0.15) is 24.2 Å². The highest BCUT2D eigenvalue weighted by atomic mass is 32.2. The fourth-order valence-electron chi connectivity index (χ4n) is 3.00. The number of carbonyl (C=O) groups is 5. The van der Waals surface area contributed by atoms with Crippen LogP contribution in [0.3, 0.4) is 0 Å². The van der Waals surface area contributed by atoms with Gasteiger partial charge in [-0.3, -0.25) is 19.2 Å². The number of aliphatic hydroxyl groups is 1. The summed E-state index contributed by atoms with van der Waals surface area (Å²) in [6, 6.07) is -4.93. The Morgan fingerprint density at radius 2 is 1.77 bits per heavy atom. The Morgan fingerprint density at radius 1 is 1.13 bits per heavy atom. The molecule has 1 rings (SSSR count). The molecule has 4 unspecified atom stereocenters. The summed E-state index contributed by atoms with van der Waals surface area (Å²) < 4.78 is 0. The average Bonchev–Trinajstić information content (AvgIpc) is 3.18. The molecule has 3 amide bonds. The highest BCUT2D eigenvalue weighted by molar-refractivity contribution is 7.98. The van der Waals surface area contributed by atoms with Gasteiger partial charge in [-0.05, 0) is 31.3 Å². The summed E-state index contributed by atoms with van der Waals surface area (Å²) in [4.78, 5) is 61.1. The molecule has 1 saturated heterocycles. The van der Waals surface area contributed by atoms with E-state index in [4.69, 9.17) is 15.9 Å². The molecule has 1 fully saturated rings. The second kappa shape index (κ2) is 12.3. The normalized spacial score (nSPS) is 18.9. The second-order valence-corrected chi connectivity index (χ2v) is 7.80. The lowest BCUT2D eigenvalue weighted by Crippen LogP contribution is -2.58. The third kappa shape index (κ3) is 7.46. The second-order valence-electron chi connectivity index (χ2n) is 6.82. The minimum Gasteiger partial charge on any atom is -0.481 e. The van der Waals surface area contributed by atoms with Gasteiger partial charge in [0.05, 0.1) is 13.0 Å². The number of carboxylic acid groups (broad SMARTS) is 2. The molecule has 0 aliphatic carbocycles. The van der Waals surface area contributed by atoms with Crippen molar-refractivity contribution in [2.24, 2.45) is 5.73 Å². The zero-order valence-electron chi connectivity index (χ0n) is 16.6. The number of nitrogens with zero attached hydrogens (tertiary/aromatic N) is 1. The van der Waals surface area contributed by atoms with Gasteiger partial charge in [0.25, 0.3) is 0 Å². The number of thioether (sulfide) groups is 1. The quantitative estimate of drug-likeness (QED) is 0.187. The molecule has 4 atom stereocenters. The maximum atomic E-state index is 12.8. The standard InChI is InChI=1S/C17H28N4O8S/c1-30-6-4-10(19-14(25)9(18)8-22)15(26)20-11(7-13(23)24)16(27)21-5-2-3-12(21)17(28)29/h9-12,22H,2-8,18H2,1H3,(H,19,25)(H,20,26)(H,23,24)(H,28,29). The van der Waals surface area contributed by atoms with Crippen LogP contribution in [0.15, 0.2) is 0 Å². The van der Waals surface area contributed by atoms with Crippen molar-refractivity contribution in [3.05, 3.63) is 0 Å². The maximum absolute atomic E-state index is 12.8. The molecule has 30 heavy (non-hydrogen) atoms. The van der Waals surface area contributed by atoms with Crippen molar-refractivity contribution >= 4 is 41.4 Å². The maximum Gasteiger partial charge on any atom is 0.326 e. The number of hydrogen-bond donors (Lipinski definition) is 6. The van der Waals surface area contributed by atoms with Gasteiger partial charge in [0, 0.05) is 6.54 Å². The fraction of sp³-hybridized carbons (Fsp3) is 0.706. The molecule has 0 aromatic heterocycles. The molecule has 7 N–H and O–H groups in total. The van der Waals surface area contributed by atoms with E-state index < -0.39 is 66.9 Å². The third-order valence-electron chi connectivity index (χ3n) is 4.59. The molecule has 1 heterocycles. The monoisotopic (exact) mass is 448 g/mol. The van der Waals surface area contributed by atoms with Crippen LogP contribution in [-0.2, 0) is 24.0 Å². The molecule has 12 nitrogen and oxygen atoms in total. The lowest BCUT2D eigenvalue weighted by Gasteiger charge is -2.28. The Kier molecular flexibility index (Phi) is 10.6. The first kappa shape index (κ1) is 25.7. The van der Waals surface area contributed by atoms with Crippen LogP contribution in [0.25, 0.3) is 0 Å². The fourth-order valence-corrected chi connectivity index (χ4v) is 3.47. The van der Waals surface area contributed by atoms with Crippen LogP contribution in [0, 0.1) is 0 Å². The van der Waals surface area contributed by atoms with Crippen LogP contribution in [0.1, 0.15) is 25.7 Å². The number of aliphatic hydroxyl groups excluding tert-OH is 1. The highest BCUT2D eigenvalue weighted by Crippen LogP contribution is 2.19. The van der Waals surface area contributed by atoms with E-state index in [1.165, 1.54) is 11.8 Å². The van der Waals surface area contributed by atoms with Gasteiger partial charge in [-0.2, -0.15) is 11.8 Å². The first-order chi connectivity index (χ1) is 14.1. The predicted octanol–water partition coefficient (Wildman–Crippen LogP) is -2.42. The number of amides is 3. The number of carboxylic acids is 2. The zero-order valence-corrected chi connectivity index (χ0v) is 17.4. The van der Waals surface area contributed by atoms with Crippen LogP contribution in [-0.4, -0.2) is 99.2 Å². The zero-order chi connectivity index (χ0) is 22.8. The molecule has 1 aliphatic heterocycles. The van der Waals surface area contributed by atoms with Gasteiger partial charge in [-0.1, -0.05) is 0 Å². The molecule has 0 radical (unpaired) electrons. The smallest absolute Gasteiger partial charge is 0.326 e. The molecular weight excluding hydrogens is 420 g/mol. The van der Waals surface area contributed by atoms with Crippen LogP contribution >= 0.6 is 11.8 Å². The van der Waals surface area contributed by atoms with Gasteiger partial charge in [0.2, 0.25) is 17.7 Å². The van der Waals surface area contributed by atoms with E-state index in [1.807, 2.05) is 0 Å². The molecule has 170 valence electrons. The molecule has 0 aromatic rings. The molecular formula is C17H28N4O8S. The lowest BCUT2D eigenvalue weighted by atomic mass is 10.1. The largest absolute Gasteiger partial charge is 0.481 e. The number of hydrogen-bond acceptors (Lipinski definition) is 8. The highest BCUT2D eigenvalue weighted by Gasteiger charge is 2.39. The number of rotatable bonds is 12. The van der Waals surface area contributed by atoms with E-state index in [-0.39, 0.29) is 19.4 Å². The first-order valence-corrected chi connectivity index (χ1v) is 10.7. The van der Waals surface area contributed by atoms with Crippen LogP contribution in [0.5, 0.6) is 0 Å². The summed E-state index contributed by atoms with van der Waals surface area (Å²) in [5, 5.41) is 32.1. The lowest BCUT2D eigenvalue weighted by molar-refractivity contribution is -0.150. The Hall–Kier alpha value is -2.38. The van der Waals surface area contributed by atoms with Gasteiger partial charge >= 0.3 is 11.9 Å². The van der Waals surface area contributed by atoms with Gasteiger partial charge in [0.15, 0.2) is 0 Å². The molecule has 0 spiro atoms. The van der Waals surface area contributed by atoms with Crippen molar-refractivity contribution in [1.29, 1.82) is 0 Å². The Balaban J connectivity index is 2.97. The summed E-state index contributed by atoms with van der Waals surface area (Å²) in [5.74, 6) is -4.47. The minimum absolute atomic E-state index is 0.139. The van der Waals surface area contributed by atoms with Crippen LogP contribution in [0.4, 0.5) is 0 Å².